The first-order chi connectivity index (χ1) is 9.10. The van der Waals surface area contributed by atoms with Crippen molar-refractivity contribution in [2.75, 3.05) is 0 Å². The second-order valence-electron chi connectivity index (χ2n) is 4.97. The number of aryl methyl sites for hydroxylation is 2. The van der Waals surface area contributed by atoms with E-state index in [1.165, 1.54) is 11.1 Å². The lowest BCUT2D eigenvalue weighted by atomic mass is 10.1. The minimum absolute atomic E-state index is 0.297. The Morgan fingerprint density at radius 2 is 2.16 bits per heavy atom. The lowest BCUT2D eigenvalue weighted by Gasteiger charge is -2.14. The summed E-state index contributed by atoms with van der Waals surface area (Å²) in [7, 11) is 1.89. The lowest BCUT2D eigenvalue weighted by molar-refractivity contribution is 0.574. The molecule has 3 nitrogen and oxygen atoms in total. The monoisotopic (exact) mass is 253 g/mol. The molecule has 0 fully saturated rings. The van der Waals surface area contributed by atoms with E-state index in [1.54, 1.807) is 0 Å². The average Bonchev–Trinajstić information content (AvgIpc) is 2.76. The summed E-state index contributed by atoms with van der Waals surface area (Å²) in [6, 6.07) is 12.9. The standard InChI is InChI=1S/C16H19N3/c1-12-5-4-6-15(7-12)13(2)18-10-14-8-16(9-17)19(3)11-14/h4-8,11,13,18H,10H2,1-3H3/t13-/m1/s1. The number of rotatable bonds is 4. The maximum atomic E-state index is 8.93. The van der Waals surface area contributed by atoms with Gasteiger partial charge in [0.05, 0.1) is 0 Å². The van der Waals surface area contributed by atoms with Gasteiger partial charge in [-0.05, 0) is 31.0 Å². The number of hydrogen-bond acceptors (Lipinski definition) is 2. The molecule has 0 saturated heterocycles. The first-order valence-electron chi connectivity index (χ1n) is 6.45. The van der Waals surface area contributed by atoms with Crippen molar-refractivity contribution in [3.8, 4) is 6.07 Å². The highest BCUT2D eigenvalue weighted by Gasteiger charge is 2.07. The molecule has 0 aliphatic rings. The van der Waals surface area contributed by atoms with Gasteiger partial charge in [0.25, 0.3) is 0 Å². The smallest absolute Gasteiger partial charge is 0.120 e. The molecule has 0 radical (unpaired) electrons. The minimum atomic E-state index is 0.297. The quantitative estimate of drug-likeness (QED) is 0.909. The van der Waals surface area contributed by atoms with Crippen LogP contribution in [0.2, 0.25) is 0 Å². The van der Waals surface area contributed by atoms with Gasteiger partial charge in [-0.3, -0.25) is 0 Å². The summed E-state index contributed by atoms with van der Waals surface area (Å²) >= 11 is 0. The van der Waals surface area contributed by atoms with Crippen molar-refractivity contribution in [1.29, 1.82) is 5.26 Å². The first-order valence-corrected chi connectivity index (χ1v) is 6.45. The van der Waals surface area contributed by atoms with Gasteiger partial charge in [0.2, 0.25) is 0 Å². The third kappa shape index (κ3) is 3.24. The molecule has 0 bridgehead atoms. The van der Waals surface area contributed by atoms with E-state index in [0.29, 0.717) is 11.7 Å². The number of benzene rings is 1. The van der Waals surface area contributed by atoms with Crippen LogP contribution in [0.1, 0.15) is 35.3 Å². The molecule has 2 aromatic rings. The molecule has 0 amide bonds. The molecule has 2 rings (SSSR count). The molecular weight excluding hydrogens is 234 g/mol. The van der Waals surface area contributed by atoms with E-state index < -0.39 is 0 Å². The first kappa shape index (κ1) is 13.4. The Balaban J connectivity index is 2.00. The van der Waals surface area contributed by atoms with Gasteiger partial charge >= 0.3 is 0 Å². The van der Waals surface area contributed by atoms with Gasteiger partial charge in [-0.2, -0.15) is 5.26 Å². The molecule has 0 saturated carbocycles. The van der Waals surface area contributed by atoms with Crippen molar-refractivity contribution < 1.29 is 0 Å². The molecule has 0 aliphatic heterocycles. The Bertz CT molecular complexity index is 605. The molecule has 1 N–H and O–H groups in total. The topological polar surface area (TPSA) is 40.8 Å². The second kappa shape index (κ2) is 5.73. The van der Waals surface area contributed by atoms with Gasteiger partial charge in [-0.15, -0.1) is 0 Å². The number of nitriles is 1. The number of hydrogen-bond donors (Lipinski definition) is 1. The lowest BCUT2D eigenvalue weighted by Crippen LogP contribution is -2.17. The predicted octanol–water partition coefficient (Wildman–Crippen LogP) is 3.06. The van der Waals surface area contributed by atoms with Crippen molar-refractivity contribution in [3.63, 3.8) is 0 Å². The molecule has 1 aromatic carbocycles. The minimum Gasteiger partial charge on any atom is -0.342 e. The van der Waals surface area contributed by atoms with E-state index in [0.717, 1.165) is 12.1 Å². The normalized spacial score (nSPS) is 12.1. The maximum Gasteiger partial charge on any atom is 0.120 e. The van der Waals surface area contributed by atoms with Gasteiger partial charge in [-0.1, -0.05) is 29.8 Å². The van der Waals surface area contributed by atoms with Crippen molar-refractivity contribution in [3.05, 3.63) is 58.9 Å². The SMILES string of the molecule is Cc1cccc([C@@H](C)NCc2cc(C#N)n(C)c2)c1. The molecule has 3 heteroatoms. The zero-order valence-corrected chi connectivity index (χ0v) is 11.6. The van der Waals surface area contributed by atoms with Gasteiger partial charge < -0.3 is 9.88 Å². The fourth-order valence-electron chi connectivity index (χ4n) is 2.17. The average molecular weight is 253 g/mol. The van der Waals surface area contributed by atoms with E-state index in [2.05, 4.69) is 49.5 Å². The van der Waals surface area contributed by atoms with Crippen LogP contribution in [0.3, 0.4) is 0 Å². The Labute approximate surface area is 114 Å². The van der Waals surface area contributed by atoms with Crippen LogP contribution < -0.4 is 5.32 Å². The Hall–Kier alpha value is -2.05. The van der Waals surface area contributed by atoms with Crippen molar-refractivity contribution >= 4 is 0 Å². The molecule has 19 heavy (non-hydrogen) atoms. The molecule has 0 spiro atoms. The largest absolute Gasteiger partial charge is 0.342 e. The van der Waals surface area contributed by atoms with E-state index >= 15 is 0 Å². The third-order valence-electron chi connectivity index (χ3n) is 3.33. The summed E-state index contributed by atoms with van der Waals surface area (Å²) in [5.41, 5.74) is 4.40. The fourth-order valence-corrected chi connectivity index (χ4v) is 2.17. The molecule has 1 aromatic heterocycles. The fraction of sp³-hybridized carbons (Fsp3) is 0.312. The van der Waals surface area contributed by atoms with Crippen LogP contribution in [0.4, 0.5) is 0 Å². The molecule has 1 heterocycles. The predicted molar refractivity (Wildman–Crippen MR) is 76.6 cm³/mol. The second-order valence-corrected chi connectivity index (χ2v) is 4.97. The van der Waals surface area contributed by atoms with Crippen LogP contribution in [-0.2, 0) is 13.6 Å². The molecule has 0 unspecified atom stereocenters. The summed E-state index contributed by atoms with van der Waals surface area (Å²) in [5, 5.41) is 12.4. The third-order valence-corrected chi connectivity index (χ3v) is 3.33. The number of nitrogens with one attached hydrogen (secondary N) is 1. The maximum absolute atomic E-state index is 8.93. The van der Waals surface area contributed by atoms with Crippen LogP contribution in [0.25, 0.3) is 0 Å². The Morgan fingerprint density at radius 3 is 2.79 bits per heavy atom. The van der Waals surface area contributed by atoms with Crippen molar-refractivity contribution in [2.45, 2.75) is 26.4 Å². The van der Waals surface area contributed by atoms with Crippen LogP contribution >= 0.6 is 0 Å². The molecule has 0 aliphatic carbocycles. The highest BCUT2D eigenvalue weighted by Crippen LogP contribution is 2.15. The van der Waals surface area contributed by atoms with Crippen LogP contribution in [0.5, 0.6) is 0 Å². The zero-order valence-electron chi connectivity index (χ0n) is 11.6. The van der Waals surface area contributed by atoms with Crippen molar-refractivity contribution in [1.82, 2.24) is 9.88 Å². The van der Waals surface area contributed by atoms with Crippen LogP contribution in [0, 0.1) is 18.3 Å². The van der Waals surface area contributed by atoms with E-state index in [-0.39, 0.29) is 0 Å². The summed E-state index contributed by atoms with van der Waals surface area (Å²) in [4.78, 5) is 0. The van der Waals surface area contributed by atoms with Crippen LogP contribution in [-0.4, -0.2) is 4.57 Å². The van der Waals surface area contributed by atoms with Gasteiger partial charge in [0, 0.05) is 25.8 Å². The summed E-state index contributed by atoms with van der Waals surface area (Å²) < 4.78 is 1.86. The van der Waals surface area contributed by atoms with Gasteiger partial charge in [0.15, 0.2) is 0 Å². The molecule has 98 valence electrons. The number of aromatic nitrogens is 1. The van der Waals surface area contributed by atoms with E-state index in [9.17, 15) is 0 Å². The summed E-state index contributed by atoms with van der Waals surface area (Å²) in [6.07, 6.45) is 1.99. The van der Waals surface area contributed by atoms with Crippen LogP contribution in [0.15, 0.2) is 36.5 Å². The van der Waals surface area contributed by atoms with E-state index in [4.69, 9.17) is 5.26 Å². The molecular formula is C16H19N3. The van der Waals surface area contributed by atoms with Crippen molar-refractivity contribution in [2.24, 2.45) is 7.05 Å². The Kier molecular flexibility index (Phi) is 4.03. The molecule has 1 atom stereocenters. The zero-order chi connectivity index (χ0) is 13.8. The number of nitrogens with zero attached hydrogens (tertiary/aromatic N) is 2. The highest BCUT2D eigenvalue weighted by atomic mass is 14.9. The van der Waals surface area contributed by atoms with Gasteiger partial charge in [-0.25, -0.2) is 0 Å². The summed E-state index contributed by atoms with van der Waals surface area (Å²) in [5.74, 6) is 0. The summed E-state index contributed by atoms with van der Waals surface area (Å²) in [6.45, 7) is 5.03. The Morgan fingerprint density at radius 1 is 1.37 bits per heavy atom. The van der Waals surface area contributed by atoms with E-state index in [1.807, 2.05) is 23.9 Å². The highest BCUT2D eigenvalue weighted by molar-refractivity contribution is 5.29. The van der Waals surface area contributed by atoms with Gasteiger partial charge in [0.1, 0.15) is 11.8 Å².